The number of fused-ring (bicyclic) bond motifs is 3. The first-order valence-electron chi connectivity index (χ1n) is 6.46. The molecule has 3 atom stereocenters. The molecule has 90 valence electrons. The molecule has 0 aromatic heterocycles. The molecule has 1 aromatic carbocycles. The Morgan fingerprint density at radius 3 is 2.94 bits per heavy atom. The van der Waals surface area contributed by atoms with Crippen molar-refractivity contribution >= 4 is 5.78 Å². The minimum atomic E-state index is 0.256. The minimum absolute atomic E-state index is 0.256. The number of Topliss-reactive ketones (excluding diaryl/α,β-unsaturated/α-hetero) is 1. The van der Waals surface area contributed by atoms with Crippen molar-refractivity contribution in [2.24, 2.45) is 11.8 Å². The predicted molar refractivity (Wildman–Crippen MR) is 66.3 cm³/mol. The van der Waals surface area contributed by atoms with Gasteiger partial charge in [-0.3, -0.25) is 4.79 Å². The lowest BCUT2D eigenvalue weighted by Gasteiger charge is -2.47. The number of hydrogen-bond donors (Lipinski definition) is 0. The summed E-state index contributed by atoms with van der Waals surface area (Å²) in [6, 6.07) is 6.34. The van der Waals surface area contributed by atoms with Gasteiger partial charge in [0, 0.05) is 17.8 Å². The maximum absolute atomic E-state index is 12.0. The summed E-state index contributed by atoms with van der Waals surface area (Å²) in [4.78, 5) is 12.0. The first-order valence-corrected chi connectivity index (χ1v) is 6.46. The highest BCUT2D eigenvalue weighted by molar-refractivity contribution is 5.92. The molecule has 1 aromatic rings. The van der Waals surface area contributed by atoms with E-state index in [1.807, 2.05) is 6.07 Å². The molecule has 0 amide bonds. The first-order chi connectivity index (χ1) is 8.26. The fourth-order valence-electron chi connectivity index (χ4n) is 3.55. The van der Waals surface area contributed by atoms with Crippen LogP contribution in [0.25, 0.3) is 0 Å². The van der Waals surface area contributed by atoms with Crippen molar-refractivity contribution in [1.82, 2.24) is 0 Å². The molecule has 2 aliphatic carbocycles. The van der Waals surface area contributed by atoms with Gasteiger partial charge in [0.05, 0.1) is 7.11 Å². The molecule has 2 nitrogen and oxygen atoms in total. The molecule has 0 aliphatic heterocycles. The number of ether oxygens (including phenoxy) is 1. The molecule has 0 radical (unpaired) electrons. The summed E-state index contributed by atoms with van der Waals surface area (Å²) in [5.41, 5.74) is 2.78. The predicted octanol–water partition coefficient (Wildman–Crippen LogP) is 2.95. The van der Waals surface area contributed by atoms with Crippen LogP contribution in [0.4, 0.5) is 0 Å². The van der Waals surface area contributed by atoms with E-state index in [9.17, 15) is 4.79 Å². The van der Waals surface area contributed by atoms with Gasteiger partial charge in [-0.25, -0.2) is 0 Å². The highest BCUT2D eigenvalue weighted by Crippen LogP contribution is 2.52. The first kappa shape index (κ1) is 10.8. The monoisotopic (exact) mass is 230 g/mol. The van der Waals surface area contributed by atoms with E-state index in [-0.39, 0.29) is 5.92 Å². The molecular formula is C15H18O2. The number of benzene rings is 1. The average Bonchev–Trinajstić information content (AvgIpc) is 2.37. The molecule has 17 heavy (non-hydrogen) atoms. The SMILES string of the molecule is CCC1C(=O)C2CCc3ccc(OC)cc3C12. The van der Waals surface area contributed by atoms with Crippen molar-refractivity contribution in [3.05, 3.63) is 29.3 Å². The van der Waals surface area contributed by atoms with Gasteiger partial charge in [0.1, 0.15) is 11.5 Å². The third-order valence-corrected chi connectivity index (χ3v) is 4.47. The van der Waals surface area contributed by atoms with E-state index in [0.29, 0.717) is 17.6 Å². The number of carbonyl (C=O) groups excluding carboxylic acids is 1. The Bertz CT molecular complexity index is 464. The number of rotatable bonds is 2. The summed E-state index contributed by atoms with van der Waals surface area (Å²) in [7, 11) is 1.70. The van der Waals surface area contributed by atoms with E-state index in [1.165, 1.54) is 11.1 Å². The Morgan fingerprint density at radius 2 is 2.24 bits per heavy atom. The zero-order valence-corrected chi connectivity index (χ0v) is 10.4. The van der Waals surface area contributed by atoms with Crippen LogP contribution in [0.1, 0.15) is 36.8 Å². The Morgan fingerprint density at radius 1 is 1.41 bits per heavy atom. The topological polar surface area (TPSA) is 26.3 Å². The second kappa shape index (κ2) is 3.86. The molecule has 2 aliphatic rings. The van der Waals surface area contributed by atoms with E-state index < -0.39 is 0 Å². The Kier molecular flexibility index (Phi) is 2.46. The smallest absolute Gasteiger partial charge is 0.140 e. The number of methoxy groups -OCH3 is 1. The van der Waals surface area contributed by atoms with Crippen LogP contribution < -0.4 is 4.74 Å². The lowest BCUT2D eigenvalue weighted by molar-refractivity contribution is -0.139. The maximum atomic E-state index is 12.0. The molecule has 1 fully saturated rings. The van der Waals surface area contributed by atoms with Crippen molar-refractivity contribution in [1.29, 1.82) is 0 Å². The Balaban J connectivity index is 2.02. The maximum Gasteiger partial charge on any atom is 0.140 e. The quantitative estimate of drug-likeness (QED) is 0.780. The summed E-state index contributed by atoms with van der Waals surface area (Å²) in [6.07, 6.45) is 3.05. The molecule has 0 N–H and O–H groups in total. The third-order valence-electron chi connectivity index (χ3n) is 4.47. The van der Waals surface area contributed by atoms with Crippen molar-refractivity contribution < 1.29 is 9.53 Å². The van der Waals surface area contributed by atoms with E-state index in [4.69, 9.17) is 4.74 Å². The van der Waals surface area contributed by atoms with E-state index >= 15 is 0 Å². The van der Waals surface area contributed by atoms with Gasteiger partial charge in [0.25, 0.3) is 0 Å². The van der Waals surface area contributed by atoms with Crippen LogP contribution in [0, 0.1) is 11.8 Å². The van der Waals surface area contributed by atoms with Gasteiger partial charge < -0.3 is 4.74 Å². The second-order valence-corrected chi connectivity index (χ2v) is 5.15. The highest BCUT2D eigenvalue weighted by Gasteiger charge is 2.50. The molecular weight excluding hydrogens is 212 g/mol. The highest BCUT2D eigenvalue weighted by atomic mass is 16.5. The standard InChI is InChI=1S/C15H18O2/c1-3-11-14-12(15(11)16)7-5-9-4-6-10(17-2)8-13(9)14/h4,6,8,11-12,14H,3,5,7H2,1-2H3. The van der Waals surface area contributed by atoms with Crippen LogP contribution in [-0.2, 0) is 11.2 Å². The van der Waals surface area contributed by atoms with Gasteiger partial charge in [0.15, 0.2) is 0 Å². The van der Waals surface area contributed by atoms with Gasteiger partial charge in [-0.15, -0.1) is 0 Å². The Hall–Kier alpha value is -1.31. The van der Waals surface area contributed by atoms with Crippen LogP contribution in [0.2, 0.25) is 0 Å². The fourth-order valence-corrected chi connectivity index (χ4v) is 3.55. The molecule has 0 saturated heterocycles. The largest absolute Gasteiger partial charge is 0.497 e. The minimum Gasteiger partial charge on any atom is -0.497 e. The van der Waals surface area contributed by atoms with Crippen LogP contribution in [-0.4, -0.2) is 12.9 Å². The summed E-state index contributed by atoms with van der Waals surface area (Å²) >= 11 is 0. The van der Waals surface area contributed by atoms with E-state index in [1.54, 1.807) is 7.11 Å². The Labute approximate surface area is 102 Å². The number of hydrogen-bond acceptors (Lipinski definition) is 2. The van der Waals surface area contributed by atoms with Crippen molar-refractivity contribution in [3.8, 4) is 5.75 Å². The molecule has 1 saturated carbocycles. The zero-order valence-electron chi connectivity index (χ0n) is 10.4. The van der Waals surface area contributed by atoms with Gasteiger partial charge in [-0.05, 0) is 42.5 Å². The summed E-state index contributed by atoms with van der Waals surface area (Å²) in [5, 5.41) is 0. The third kappa shape index (κ3) is 1.43. The second-order valence-electron chi connectivity index (χ2n) is 5.15. The molecule has 0 bridgehead atoms. The summed E-state index contributed by atoms with van der Waals surface area (Å²) < 4.78 is 5.30. The summed E-state index contributed by atoms with van der Waals surface area (Å²) in [6.45, 7) is 2.12. The lowest BCUT2D eigenvalue weighted by atomic mass is 9.55. The van der Waals surface area contributed by atoms with Crippen molar-refractivity contribution in [3.63, 3.8) is 0 Å². The molecule has 0 heterocycles. The van der Waals surface area contributed by atoms with Gasteiger partial charge >= 0.3 is 0 Å². The number of aryl methyl sites for hydroxylation is 1. The average molecular weight is 230 g/mol. The number of carbonyl (C=O) groups is 1. The van der Waals surface area contributed by atoms with Crippen molar-refractivity contribution in [2.75, 3.05) is 7.11 Å². The van der Waals surface area contributed by atoms with Crippen LogP contribution in [0.15, 0.2) is 18.2 Å². The molecule has 0 spiro atoms. The van der Waals surface area contributed by atoms with Gasteiger partial charge in [-0.2, -0.15) is 0 Å². The van der Waals surface area contributed by atoms with E-state index in [2.05, 4.69) is 19.1 Å². The van der Waals surface area contributed by atoms with Crippen molar-refractivity contribution in [2.45, 2.75) is 32.1 Å². The summed E-state index contributed by atoms with van der Waals surface area (Å²) in [5.74, 6) is 2.42. The van der Waals surface area contributed by atoms with Crippen LogP contribution in [0.3, 0.4) is 0 Å². The van der Waals surface area contributed by atoms with Gasteiger partial charge in [0.2, 0.25) is 0 Å². The fraction of sp³-hybridized carbons (Fsp3) is 0.533. The molecule has 3 unspecified atom stereocenters. The van der Waals surface area contributed by atoms with E-state index in [0.717, 1.165) is 25.0 Å². The lowest BCUT2D eigenvalue weighted by Crippen LogP contribution is -2.47. The normalized spacial score (nSPS) is 30.2. The van der Waals surface area contributed by atoms with Crippen LogP contribution >= 0.6 is 0 Å². The number of ketones is 1. The zero-order chi connectivity index (χ0) is 12.0. The molecule has 2 heteroatoms. The molecule has 3 rings (SSSR count). The van der Waals surface area contributed by atoms with Crippen LogP contribution in [0.5, 0.6) is 5.75 Å². The van der Waals surface area contributed by atoms with Gasteiger partial charge in [-0.1, -0.05) is 13.0 Å².